The molecule has 1 aromatic heterocycles. The average Bonchev–Trinajstić information content (AvgIpc) is 2.90. The predicted molar refractivity (Wildman–Crippen MR) is 144 cm³/mol. The van der Waals surface area contributed by atoms with E-state index in [1.165, 1.54) is 11.8 Å². The topological polar surface area (TPSA) is 64.0 Å². The molecule has 7 heteroatoms. The number of hydrogen-bond acceptors (Lipinski definition) is 5. The van der Waals surface area contributed by atoms with Crippen LogP contribution in [0.2, 0.25) is 0 Å². The van der Waals surface area contributed by atoms with E-state index in [9.17, 15) is 9.59 Å². The molecule has 0 bridgehead atoms. The Labute approximate surface area is 211 Å². The number of thioether (sulfide) groups is 1. The number of fused-ring (bicyclic) bond motifs is 1. The van der Waals surface area contributed by atoms with E-state index in [1.807, 2.05) is 103 Å². The van der Waals surface area contributed by atoms with Crippen LogP contribution in [0.1, 0.15) is 0 Å². The first-order valence-electron chi connectivity index (χ1n) is 11.0. The summed E-state index contributed by atoms with van der Waals surface area (Å²) in [7, 11) is 0. The number of para-hydroxylation sites is 3. The van der Waals surface area contributed by atoms with E-state index in [0.29, 0.717) is 21.7 Å². The number of carbonyl (C=O) groups is 1. The van der Waals surface area contributed by atoms with Crippen molar-refractivity contribution in [1.29, 1.82) is 0 Å². The number of anilines is 1. The van der Waals surface area contributed by atoms with Crippen LogP contribution in [-0.2, 0) is 4.79 Å². The smallest absolute Gasteiger partial charge is 0.266 e. The Balaban J connectivity index is 1.39. The highest BCUT2D eigenvalue weighted by Crippen LogP contribution is 2.33. The molecule has 5 rings (SSSR count). The van der Waals surface area contributed by atoms with Gasteiger partial charge in [-0.2, -0.15) is 0 Å². The van der Waals surface area contributed by atoms with Crippen molar-refractivity contribution in [3.05, 3.63) is 120 Å². The molecular weight excluding hydrogens is 474 g/mol. The van der Waals surface area contributed by atoms with Crippen LogP contribution in [0, 0.1) is 0 Å². The summed E-state index contributed by atoms with van der Waals surface area (Å²) in [4.78, 5) is 33.0. The highest BCUT2D eigenvalue weighted by Gasteiger charge is 2.15. The van der Waals surface area contributed by atoms with Crippen molar-refractivity contribution in [2.45, 2.75) is 14.9 Å². The lowest BCUT2D eigenvalue weighted by atomic mass is 10.2. The molecule has 0 spiro atoms. The number of benzene rings is 4. The van der Waals surface area contributed by atoms with Gasteiger partial charge in [0, 0.05) is 9.79 Å². The van der Waals surface area contributed by atoms with Crippen LogP contribution < -0.4 is 10.9 Å². The molecule has 5 aromatic rings. The van der Waals surface area contributed by atoms with E-state index in [4.69, 9.17) is 4.98 Å². The third kappa shape index (κ3) is 5.31. The first-order chi connectivity index (χ1) is 17.2. The van der Waals surface area contributed by atoms with Gasteiger partial charge < -0.3 is 5.32 Å². The fraction of sp³-hybridized carbons (Fsp3) is 0.0357. The Morgan fingerprint density at radius 2 is 1.46 bits per heavy atom. The summed E-state index contributed by atoms with van der Waals surface area (Å²) in [6.07, 6.45) is 0. The number of carbonyl (C=O) groups excluding carboxylic acids is 1. The lowest BCUT2D eigenvalue weighted by Gasteiger charge is -2.14. The molecule has 0 aliphatic carbocycles. The van der Waals surface area contributed by atoms with Crippen molar-refractivity contribution in [3.8, 4) is 5.69 Å². The largest absolute Gasteiger partial charge is 0.324 e. The zero-order valence-corrected chi connectivity index (χ0v) is 20.3. The molecule has 5 nitrogen and oxygen atoms in total. The van der Waals surface area contributed by atoms with Crippen LogP contribution in [0.3, 0.4) is 0 Å². The van der Waals surface area contributed by atoms with E-state index < -0.39 is 0 Å². The number of hydrogen-bond donors (Lipinski definition) is 1. The highest BCUT2D eigenvalue weighted by atomic mass is 32.2. The Morgan fingerprint density at radius 3 is 2.26 bits per heavy atom. The summed E-state index contributed by atoms with van der Waals surface area (Å²) in [5.74, 6) is -0.0553. The van der Waals surface area contributed by atoms with Crippen LogP contribution >= 0.6 is 23.5 Å². The maximum atomic E-state index is 13.3. The Morgan fingerprint density at radius 1 is 0.800 bits per heavy atom. The normalized spacial score (nSPS) is 10.9. The minimum absolute atomic E-state index is 0.113. The minimum Gasteiger partial charge on any atom is -0.324 e. The van der Waals surface area contributed by atoms with Gasteiger partial charge in [-0.15, -0.1) is 0 Å². The average molecular weight is 496 g/mol. The van der Waals surface area contributed by atoms with Crippen LogP contribution in [0.25, 0.3) is 16.6 Å². The fourth-order valence-electron chi connectivity index (χ4n) is 3.60. The molecule has 172 valence electrons. The molecule has 1 amide bonds. The van der Waals surface area contributed by atoms with Crippen molar-refractivity contribution in [3.63, 3.8) is 0 Å². The molecule has 1 N–H and O–H groups in total. The van der Waals surface area contributed by atoms with E-state index in [-0.39, 0.29) is 17.2 Å². The Kier molecular flexibility index (Phi) is 6.97. The highest BCUT2D eigenvalue weighted by molar-refractivity contribution is 8.00. The Hall–Kier alpha value is -3.81. The molecule has 0 atom stereocenters. The predicted octanol–water partition coefficient (Wildman–Crippen LogP) is 6.27. The van der Waals surface area contributed by atoms with Crippen molar-refractivity contribution in [2.24, 2.45) is 0 Å². The van der Waals surface area contributed by atoms with Gasteiger partial charge in [-0.25, -0.2) is 4.98 Å². The van der Waals surface area contributed by atoms with E-state index >= 15 is 0 Å². The summed E-state index contributed by atoms with van der Waals surface area (Å²) in [6, 6.07) is 34.4. The zero-order chi connectivity index (χ0) is 24.0. The van der Waals surface area contributed by atoms with Gasteiger partial charge in [0.15, 0.2) is 5.16 Å². The van der Waals surface area contributed by atoms with E-state index in [0.717, 1.165) is 15.5 Å². The third-order valence-electron chi connectivity index (χ3n) is 5.22. The van der Waals surface area contributed by atoms with Crippen molar-refractivity contribution in [2.75, 3.05) is 11.1 Å². The van der Waals surface area contributed by atoms with Crippen molar-refractivity contribution < 1.29 is 4.79 Å². The van der Waals surface area contributed by atoms with Gasteiger partial charge in [0.1, 0.15) is 0 Å². The summed E-state index contributed by atoms with van der Waals surface area (Å²) in [5.41, 5.74) is 1.91. The van der Waals surface area contributed by atoms with Crippen molar-refractivity contribution in [1.82, 2.24) is 9.55 Å². The standard InChI is InChI=1S/C28H21N3O2S2/c32-26(29-24-17-9-10-18-25(24)35-21-13-5-2-6-14-21)19-34-28-30-23-16-8-7-15-22(23)27(33)31(28)20-11-3-1-4-12-20/h1-18H,19H2,(H,29,32). The monoisotopic (exact) mass is 495 g/mol. The second kappa shape index (κ2) is 10.6. The minimum atomic E-state index is -0.168. The first-order valence-corrected chi connectivity index (χ1v) is 12.8. The van der Waals surface area contributed by atoms with Gasteiger partial charge in [0.25, 0.3) is 5.56 Å². The number of aromatic nitrogens is 2. The van der Waals surface area contributed by atoms with Gasteiger partial charge >= 0.3 is 0 Å². The van der Waals surface area contributed by atoms with E-state index in [1.54, 1.807) is 22.4 Å². The lowest BCUT2D eigenvalue weighted by Crippen LogP contribution is -2.23. The molecule has 1 heterocycles. The molecular formula is C28H21N3O2S2. The molecule has 0 fully saturated rings. The fourth-order valence-corrected chi connectivity index (χ4v) is 5.34. The second-order valence-corrected chi connectivity index (χ2v) is 9.69. The molecule has 0 unspecified atom stereocenters. The molecule has 4 aromatic carbocycles. The number of amides is 1. The first kappa shape index (κ1) is 23.0. The van der Waals surface area contributed by atoms with Gasteiger partial charge in [0.05, 0.1) is 28.0 Å². The molecule has 0 radical (unpaired) electrons. The van der Waals surface area contributed by atoms with Crippen LogP contribution in [-0.4, -0.2) is 21.2 Å². The van der Waals surface area contributed by atoms with Gasteiger partial charge in [-0.05, 0) is 48.5 Å². The van der Waals surface area contributed by atoms with Gasteiger partial charge in [0.2, 0.25) is 5.91 Å². The summed E-state index contributed by atoms with van der Waals surface area (Å²) in [6.45, 7) is 0. The molecule has 35 heavy (non-hydrogen) atoms. The molecule has 0 saturated heterocycles. The quantitative estimate of drug-likeness (QED) is 0.213. The maximum absolute atomic E-state index is 13.3. The number of nitrogens with zero attached hydrogens (tertiary/aromatic N) is 2. The molecule has 0 aliphatic rings. The van der Waals surface area contributed by atoms with E-state index in [2.05, 4.69) is 5.32 Å². The summed E-state index contributed by atoms with van der Waals surface area (Å²) in [5, 5.41) is 4.03. The van der Waals surface area contributed by atoms with Crippen LogP contribution in [0.5, 0.6) is 0 Å². The van der Waals surface area contributed by atoms with Crippen molar-refractivity contribution >= 4 is 46.0 Å². The third-order valence-corrected chi connectivity index (χ3v) is 7.25. The zero-order valence-electron chi connectivity index (χ0n) is 18.6. The lowest BCUT2D eigenvalue weighted by molar-refractivity contribution is -0.113. The SMILES string of the molecule is O=C(CSc1nc2ccccc2c(=O)n1-c1ccccc1)Nc1ccccc1Sc1ccccc1. The molecule has 0 saturated carbocycles. The summed E-state index contributed by atoms with van der Waals surface area (Å²) >= 11 is 2.84. The van der Waals surface area contributed by atoms with Gasteiger partial charge in [-0.3, -0.25) is 14.2 Å². The second-order valence-electron chi connectivity index (χ2n) is 7.64. The van der Waals surface area contributed by atoms with Crippen LogP contribution in [0.4, 0.5) is 5.69 Å². The molecule has 0 aliphatic heterocycles. The number of rotatable bonds is 7. The maximum Gasteiger partial charge on any atom is 0.266 e. The Bertz CT molecular complexity index is 1540. The van der Waals surface area contributed by atoms with Gasteiger partial charge in [-0.1, -0.05) is 84.2 Å². The summed E-state index contributed by atoms with van der Waals surface area (Å²) < 4.78 is 1.57. The number of nitrogens with one attached hydrogen (secondary N) is 1. The van der Waals surface area contributed by atoms with Crippen LogP contribution in [0.15, 0.2) is 129 Å².